The van der Waals surface area contributed by atoms with E-state index in [9.17, 15) is 19.2 Å². The van der Waals surface area contributed by atoms with Gasteiger partial charge in [-0.2, -0.15) is 0 Å². The summed E-state index contributed by atoms with van der Waals surface area (Å²) in [5.41, 5.74) is -0.859. The third-order valence-corrected chi connectivity index (χ3v) is 7.79. The van der Waals surface area contributed by atoms with Gasteiger partial charge in [0.2, 0.25) is 11.8 Å². The second kappa shape index (κ2) is 12.1. The van der Waals surface area contributed by atoms with Gasteiger partial charge in [0.15, 0.2) is 0 Å². The largest absolute Gasteiger partial charge is 0.464 e. The highest BCUT2D eigenvalue weighted by molar-refractivity contribution is 5.94. The number of carbonyl (C=O) groups excluding carboxylic acids is 4. The standard InChI is InChI=1S/C28H45N3O7/c1-8-36-25(34)19-14-12-10-9-11-13-15-37-17(2)21(30-26(35)38-27(3,4)5)24(33)31-16-18-20(28(18,6)7)22(31)23(32)29-19/h11,13,17-22H,8-10,12,14-16H2,1-7H3,(H,29,32)(H,30,35)/b13-11+/t17-,18-,19-,20-,21-,22-/m0/s1. The highest BCUT2D eigenvalue weighted by Gasteiger charge is 2.69. The van der Waals surface area contributed by atoms with E-state index in [4.69, 9.17) is 14.2 Å². The Kier molecular flexibility index (Phi) is 9.49. The number of hydrogen-bond acceptors (Lipinski definition) is 7. The fourth-order valence-electron chi connectivity index (χ4n) is 5.66. The number of hydrogen-bond donors (Lipinski definition) is 2. The van der Waals surface area contributed by atoms with Crippen molar-refractivity contribution in [3.05, 3.63) is 12.2 Å². The van der Waals surface area contributed by atoms with Gasteiger partial charge in [0.05, 0.1) is 19.3 Å². The summed E-state index contributed by atoms with van der Waals surface area (Å²) in [6, 6.07) is -2.60. The van der Waals surface area contributed by atoms with Crippen LogP contribution < -0.4 is 10.6 Å². The molecule has 1 saturated heterocycles. The van der Waals surface area contributed by atoms with Gasteiger partial charge in [-0.15, -0.1) is 0 Å². The number of fused-ring (bicyclic) bond motifs is 3. The normalized spacial score (nSPS) is 32.9. The highest BCUT2D eigenvalue weighted by atomic mass is 16.6. The second-order valence-electron chi connectivity index (χ2n) is 12.1. The predicted molar refractivity (Wildman–Crippen MR) is 141 cm³/mol. The summed E-state index contributed by atoms with van der Waals surface area (Å²) in [4.78, 5) is 54.6. The average Bonchev–Trinajstić information content (AvgIpc) is 3.15. The second-order valence-corrected chi connectivity index (χ2v) is 12.1. The fourth-order valence-corrected chi connectivity index (χ4v) is 5.66. The van der Waals surface area contributed by atoms with Crippen LogP contribution in [0.15, 0.2) is 12.2 Å². The van der Waals surface area contributed by atoms with Crippen molar-refractivity contribution in [1.82, 2.24) is 15.5 Å². The molecular weight excluding hydrogens is 490 g/mol. The summed E-state index contributed by atoms with van der Waals surface area (Å²) in [5, 5.41) is 5.59. The molecule has 2 heterocycles. The summed E-state index contributed by atoms with van der Waals surface area (Å²) in [5.74, 6) is -1.14. The summed E-state index contributed by atoms with van der Waals surface area (Å²) in [6.45, 7) is 13.8. The Morgan fingerprint density at radius 2 is 1.92 bits per heavy atom. The predicted octanol–water partition coefficient (Wildman–Crippen LogP) is 2.95. The maximum Gasteiger partial charge on any atom is 0.408 e. The van der Waals surface area contributed by atoms with Crippen molar-refractivity contribution in [2.45, 2.75) is 104 Å². The molecule has 1 saturated carbocycles. The lowest BCUT2D eigenvalue weighted by Crippen LogP contribution is -2.60. The number of carbonyl (C=O) groups is 4. The molecule has 38 heavy (non-hydrogen) atoms. The number of ether oxygens (including phenoxy) is 3. The Morgan fingerprint density at radius 1 is 1.21 bits per heavy atom. The molecule has 2 aliphatic heterocycles. The van der Waals surface area contributed by atoms with Gasteiger partial charge in [-0.3, -0.25) is 9.59 Å². The lowest BCUT2D eigenvalue weighted by atomic mass is 9.98. The van der Waals surface area contributed by atoms with E-state index in [2.05, 4.69) is 24.5 Å². The Labute approximate surface area is 226 Å². The molecule has 0 unspecified atom stereocenters. The molecule has 1 aliphatic carbocycles. The Bertz CT molecular complexity index is 926. The van der Waals surface area contributed by atoms with Crippen molar-refractivity contribution >= 4 is 23.9 Å². The van der Waals surface area contributed by atoms with Crippen molar-refractivity contribution in [3.8, 4) is 0 Å². The van der Waals surface area contributed by atoms with Crippen molar-refractivity contribution in [1.29, 1.82) is 0 Å². The number of piperidine rings is 1. The number of nitrogens with zero attached hydrogens (tertiary/aromatic N) is 1. The zero-order chi connectivity index (χ0) is 28.3. The zero-order valence-electron chi connectivity index (χ0n) is 23.9. The van der Waals surface area contributed by atoms with Crippen LogP contribution in [0.2, 0.25) is 0 Å². The van der Waals surface area contributed by atoms with Gasteiger partial charge in [-0.05, 0) is 71.1 Å². The molecule has 0 radical (unpaired) electrons. The van der Waals surface area contributed by atoms with E-state index in [1.54, 1.807) is 39.5 Å². The van der Waals surface area contributed by atoms with E-state index >= 15 is 0 Å². The van der Waals surface area contributed by atoms with E-state index < -0.39 is 47.8 Å². The third kappa shape index (κ3) is 7.07. The molecule has 2 fully saturated rings. The van der Waals surface area contributed by atoms with Crippen LogP contribution in [-0.4, -0.2) is 78.4 Å². The minimum atomic E-state index is -1.05. The van der Waals surface area contributed by atoms with Crippen molar-refractivity contribution < 1.29 is 33.4 Å². The minimum absolute atomic E-state index is 0.0467. The first-order valence-electron chi connectivity index (χ1n) is 13.8. The first kappa shape index (κ1) is 29.9. The maximum absolute atomic E-state index is 14.0. The molecule has 10 heteroatoms. The third-order valence-electron chi connectivity index (χ3n) is 7.79. The highest BCUT2D eigenvalue weighted by Crippen LogP contribution is 2.65. The minimum Gasteiger partial charge on any atom is -0.464 e. The molecular formula is C28H45N3O7. The van der Waals surface area contributed by atoms with Crippen LogP contribution in [0.25, 0.3) is 0 Å². The topological polar surface area (TPSA) is 123 Å². The Morgan fingerprint density at radius 3 is 2.58 bits per heavy atom. The first-order valence-corrected chi connectivity index (χ1v) is 13.8. The number of esters is 1. The maximum atomic E-state index is 14.0. The van der Waals surface area contributed by atoms with Crippen LogP contribution in [0.3, 0.4) is 0 Å². The molecule has 0 aromatic carbocycles. The number of rotatable bonds is 3. The van der Waals surface area contributed by atoms with Crippen LogP contribution >= 0.6 is 0 Å². The molecule has 6 atom stereocenters. The summed E-state index contributed by atoms with van der Waals surface area (Å²) < 4.78 is 16.6. The summed E-state index contributed by atoms with van der Waals surface area (Å²) in [6.07, 6.45) is 5.28. The monoisotopic (exact) mass is 535 g/mol. The molecule has 0 aromatic rings. The molecule has 3 aliphatic rings. The van der Waals surface area contributed by atoms with Gasteiger partial charge >= 0.3 is 12.1 Å². The molecule has 10 nitrogen and oxygen atoms in total. The van der Waals surface area contributed by atoms with Crippen molar-refractivity contribution in [3.63, 3.8) is 0 Å². The van der Waals surface area contributed by atoms with Crippen LogP contribution in [0, 0.1) is 17.3 Å². The van der Waals surface area contributed by atoms with E-state index in [0.29, 0.717) is 13.0 Å². The molecule has 3 rings (SSSR count). The van der Waals surface area contributed by atoms with E-state index in [0.717, 1.165) is 19.3 Å². The number of amides is 3. The van der Waals surface area contributed by atoms with Crippen molar-refractivity contribution in [2.24, 2.45) is 17.3 Å². The van der Waals surface area contributed by atoms with Gasteiger partial charge in [-0.25, -0.2) is 9.59 Å². The van der Waals surface area contributed by atoms with Crippen LogP contribution in [0.5, 0.6) is 0 Å². The van der Waals surface area contributed by atoms with Crippen LogP contribution in [0.4, 0.5) is 4.79 Å². The first-order chi connectivity index (χ1) is 17.8. The van der Waals surface area contributed by atoms with Crippen LogP contribution in [0.1, 0.15) is 74.1 Å². The van der Waals surface area contributed by atoms with Gasteiger partial charge in [0.1, 0.15) is 23.7 Å². The van der Waals surface area contributed by atoms with Gasteiger partial charge < -0.3 is 29.7 Å². The molecule has 0 bridgehead atoms. The number of allylic oxidation sites excluding steroid dienone is 1. The van der Waals surface area contributed by atoms with E-state index in [1.165, 1.54) is 0 Å². The Balaban J connectivity index is 1.91. The van der Waals surface area contributed by atoms with E-state index in [1.807, 2.05) is 12.2 Å². The number of alkyl carbamates (subject to hydrolysis) is 1. The molecule has 214 valence electrons. The van der Waals surface area contributed by atoms with Gasteiger partial charge in [0.25, 0.3) is 0 Å². The Hall–Kier alpha value is -2.62. The van der Waals surface area contributed by atoms with Crippen molar-refractivity contribution in [2.75, 3.05) is 19.8 Å². The lowest BCUT2D eigenvalue weighted by Gasteiger charge is -2.35. The smallest absolute Gasteiger partial charge is 0.408 e. The zero-order valence-corrected chi connectivity index (χ0v) is 23.9. The molecule has 3 amide bonds. The van der Waals surface area contributed by atoms with Gasteiger partial charge in [-0.1, -0.05) is 32.4 Å². The SMILES string of the molecule is CCOC(=O)[C@@H]1CCCC/C=C/CO[C@@H](C)[C@H](NC(=O)OC(C)(C)C)C(=O)N2C[C@H]3[C@@H]([C@H]2C(=O)N1)C3(C)C. The molecule has 0 spiro atoms. The lowest BCUT2D eigenvalue weighted by molar-refractivity contribution is -0.149. The average molecular weight is 536 g/mol. The van der Waals surface area contributed by atoms with Gasteiger partial charge in [0, 0.05) is 6.54 Å². The van der Waals surface area contributed by atoms with Crippen LogP contribution in [-0.2, 0) is 28.6 Å². The number of nitrogens with one attached hydrogen (secondary N) is 2. The van der Waals surface area contributed by atoms with E-state index in [-0.39, 0.29) is 36.4 Å². The fraction of sp³-hybridized carbons (Fsp3) is 0.786. The molecule has 2 N–H and O–H groups in total. The quantitative estimate of drug-likeness (QED) is 0.421. The molecule has 0 aromatic heterocycles. The summed E-state index contributed by atoms with van der Waals surface area (Å²) in [7, 11) is 0. The summed E-state index contributed by atoms with van der Waals surface area (Å²) >= 11 is 0.